The van der Waals surface area contributed by atoms with Crippen LogP contribution in [0.3, 0.4) is 0 Å². The smallest absolute Gasteiger partial charge is 0.268 e. The number of amides is 1. The third-order valence-electron chi connectivity index (χ3n) is 3.68. The summed E-state index contributed by atoms with van der Waals surface area (Å²) in [6, 6.07) is 2.71. The maximum atomic E-state index is 12.4. The van der Waals surface area contributed by atoms with E-state index < -0.39 is 0 Å². The van der Waals surface area contributed by atoms with Crippen molar-refractivity contribution in [1.29, 1.82) is 0 Å². The molecule has 19 heavy (non-hydrogen) atoms. The average molecular weight is 328 g/mol. The van der Waals surface area contributed by atoms with Gasteiger partial charge in [-0.1, -0.05) is 0 Å². The first-order valence-corrected chi connectivity index (χ1v) is 7.70. The summed E-state index contributed by atoms with van der Waals surface area (Å²) in [6.45, 7) is 7.32. The van der Waals surface area contributed by atoms with Crippen molar-refractivity contribution in [2.75, 3.05) is 6.54 Å². The van der Waals surface area contributed by atoms with E-state index in [1.807, 2.05) is 16.8 Å². The second-order valence-corrected chi connectivity index (χ2v) is 6.43. The Morgan fingerprint density at radius 2 is 2.32 bits per heavy atom. The fraction of sp³-hybridized carbons (Fsp3) is 0.643. The first kappa shape index (κ1) is 14.6. The van der Waals surface area contributed by atoms with Gasteiger partial charge in [0.15, 0.2) is 0 Å². The minimum absolute atomic E-state index is 0.0138. The molecule has 2 heterocycles. The zero-order chi connectivity index (χ0) is 14.0. The zero-order valence-electron chi connectivity index (χ0n) is 11.7. The minimum atomic E-state index is 0.0138. The van der Waals surface area contributed by atoms with E-state index in [-0.39, 0.29) is 18.0 Å². The van der Waals surface area contributed by atoms with Crippen LogP contribution in [0.2, 0.25) is 0 Å². The van der Waals surface area contributed by atoms with E-state index in [0.29, 0.717) is 6.04 Å². The van der Waals surface area contributed by atoms with Crippen LogP contribution in [0.4, 0.5) is 0 Å². The third kappa shape index (κ3) is 3.39. The van der Waals surface area contributed by atoms with Gasteiger partial charge in [0.1, 0.15) is 5.69 Å². The highest BCUT2D eigenvalue weighted by molar-refractivity contribution is 9.10. The summed E-state index contributed by atoms with van der Waals surface area (Å²) in [4.78, 5) is 12.4. The molecule has 2 atom stereocenters. The molecule has 1 aromatic heterocycles. The number of hydrogen-bond donors (Lipinski definition) is 2. The van der Waals surface area contributed by atoms with Crippen molar-refractivity contribution in [3.8, 4) is 0 Å². The Labute approximate surface area is 123 Å². The van der Waals surface area contributed by atoms with Crippen molar-refractivity contribution in [1.82, 2.24) is 15.2 Å². The zero-order valence-corrected chi connectivity index (χ0v) is 13.3. The molecule has 106 valence electrons. The monoisotopic (exact) mass is 327 g/mol. The van der Waals surface area contributed by atoms with Crippen molar-refractivity contribution >= 4 is 21.8 Å². The van der Waals surface area contributed by atoms with Crippen LogP contribution in [-0.2, 0) is 0 Å². The number of nitrogens with one attached hydrogen (secondary N) is 2. The lowest BCUT2D eigenvalue weighted by Crippen LogP contribution is -2.52. The largest absolute Gasteiger partial charge is 0.346 e. The highest BCUT2D eigenvalue weighted by atomic mass is 79.9. The molecule has 1 fully saturated rings. The molecule has 0 spiro atoms. The fourth-order valence-corrected chi connectivity index (χ4v) is 2.98. The molecule has 1 aliphatic rings. The lowest BCUT2D eigenvalue weighted by atomic mass is 10.00. The van der Waals surface area contributed by atoms with Crippen LogP contribution in [0.5, 0.6) is 0 Å². The van der Waals surface area contributed by atoms with Gasteiger partial charge in [0.05, 0.1) is 0 Å². The van der Waals surface area contributed by atoms with Crippen LogP contribution in [0.15, 0.2) is 16.7 Å². The molecule has 0 aliphatic carbocycles. The predicted molar refractivity (Wildman–Crippen MR) is 80.5 cm³/mol. The molecule has 0 aromatic carbocycles. The van der Waals surface area contributed by atoms with Crippen molar-refractivity contribution in [2.24, 2.45) is 0 Å². The minimum Gasteiger partial charge on any atom is -0.346 e. The van der Waals surface area contributed by atoms with Crippen LogP contribution in [0.25, 0.3) is 0 Å². The number of aromatic nitrogens is 1. The van der Waals surface area contributed by atoms with Gasteiger partial charge in [0.2, 0.25) is 0 Å². The van der Waals surface area contributed by atoms with Crippen molar-refractivity contribution in [3.63, 3.8) is 0 Å². The van der Waals surface area contributed by atoms with E-state index in [1.54, 1.807) is 0 Å². The van der Waals surface area contributed by atoms with Gasteiger partial charge in [-0.2, -0.15) is 0 Å². The number of nitrogens with zero attached hydrogens (tertiary/aromatic N) is 1. The van der Waals surface area contributed by atoms with Crippen molar-refractivity contribution < 1.29 is 4.79 Å². The number of carbonyl (C=O) groups excluding carboxylic acids is 1. The quantitative estimate of drug-likeness (QED) is 0.896. The second kappa shape index (κ2) is 6.09. The molecule has 0 radical (unpaired) electrons. The Balaban J connectivity index is 2.11. The maximum absolute atomic E-state index is 12.4. The topological polar surface area (TPSA) is 46.1 Å². The first-order chi connectivity index (χ1) is 8.99. The SMILES string of the molecule is CC1NCCCC1NC(=O)c1cc(Br)cn1C(C)C. The summed E-state index contributed by atoms with van der Waals surface area (Å²) in [5.74, 6) is 0.0138. The van der Waals surface area contributed by atoms with E-state index in [4.69, 9.17) is 0 Å². The van der Waals surface area contributed by atoms with Crippen molar-refractivity contribution in [2.45, 2.75) is 51.7 Å². The van der Waals surface area contributed by atoms with Crippen LogP contribution in [-0.4, -0.2) is 29.1 Å². The lowest BCUT2D eigenvalue weighted by Gasteiger charge is -2.30. The normalized spacial score (nSPS) is 23.6. The maximum Gasteiger partial charge on any atom is 0.268 e. The van der Waals surface area contributed by atoms with E-state index in [2.05, 4.69) is 47.3 Å². The second-order valence-electron chi connectivity index (χ2n) is 5.51. The van der Waals surface area contributed by atoms with Crippen molar-refractivity contribution in [3.05, 3.63) is 22.4 Å². The Morgan fingerprint density at radius 3 is 2.95 bits per heavy atom. The summed E-state index contributed by atoms with van der Waals surface area (Å²) < 4.78 is 2.95. The molecule has 0 saturated carbocycles. The molecule has 4 nitrogen and oxygen atoms in total. The molecule has 5 heteroatoms. The van der Waals surface area contributed by atoms with Crippen LogP contribution in [0, 0.1) is 0 Å². The van der Waals surface area contributed by atoms with Crippen LogP contribution in [0.1, 0.15) is 50.1 Å². The Hall–Kier alpha value is -0.810. The Kier molecular flexibility index (Phi) is 4.68. The number of piperidine rings is 1. The standard InChI is InChI=1S/C14H22BrN3O/c1-9(2)18-8-11(15)7-13(18)14(19)17-12-5-4-6-16-10(12)3/h7-10,12,16H,4-6H2,1-3H3,(H,17,19). The Morgan fingerprint density at radius 1 is 1.58 bits per heavy atom. The fourth-order valence-electron chi connectivity index (χ4n) is 2.54. The molecule has 2 rings (SSSR count). The van der Waals surface area contributed by atoms with Gasteiger partial charge in [-0.3, -0.25) is 4.79 Å². The summed E-state index contributed by atoms with van der Waals surface area (Å²) in [7, 11) is 0. The molecular formula is C14H22BrN3O. The molecular weight excluding hydrogens is 306 g/mol. The molecule has 0 bridgehead atoms. The molecule has 1 amide bonds. The Bertz CT molecular complexity index is 456. The summed E-state index contributed by atoms with van der Waals surface area (Å²) >= 11 is 3.44. The third-order valence-corrected chi connectivity index (χ3v) is 4.12. The highest BCUT2D eigenvalue weighted by Gasteiger charge is 2.24. The average Bonchev–Trinajstić information content (AvgIpc) is 2.74. The van der Waals surface area contributed by atoms with Gasteiger partial charge in [0.25, 0.3) is 5.91 Å². The number of halogens is 1. The summed E-state index contributed by atoms with van der Waals surface area (Å²) in [5.41, 5.74) is 0.722. The molecule has 1 aromatic rings. The van der Waals surface area contributed by atoms with Crippen LogP contribution >= 0.6 is 15.9 Å². The van der Waals surface area contributed by atoms with Gasteiger partial charge >= 0.3 is 0 Å². The van der Waals surface area contributed by atoms with E-state index in [9.17, 15) is 4.79 Å². The van der Waals surface area contributed by atoms with E-state index in [1.165, 1.54) is 0 Å². The van der Waals surface area contributed by atoms with E-state index in [0.717, 1.165) is 29.6 Å². The number of hydrogen-bond acceptors (Lipinski definition) is 2. The lowest BCUT2D eigenvalue weighted by molar-refractivity contribution is 0.0909. The number of carbonyl (C=O) groups is 1. The molecule has 2 N–H and O–H groups in total. The van der Waals surface area contributed by atoms with Gasteiger partial charge in [-0.25, -0.2) is 0 Å². The first-order valence-electron chi connectivity index (χ1n) is 6.90. The van der Waals surface area contributed by atoms with Gasteiger partial charge in [0, 0.05) is 28.8 Å². The van der Waals surface area contributed by atoms with Crippen LogP contribution < -0.4 is 10.6 Å². The predicted octanol–water partition coefficient (Wildman–Crippen LogP) is 2.70. The highest BCUT2D eigenvalue weighted by Crippen LogP contribution is 2.20. The van der Waals surface area contributed by atoms with E-state index >= 15 is 0 Å². The number of rotatable bonds is 3. The summed E-state index contributed by atoms with van der Waals surface area (Å²) in [5, 5.41) is 6.55. The summed E-state index contributed by atoms with van der Waals surface area (Å²) in [6.07, 6.45) is 4.12. The molecule has 1 saturated heterocycles. The molecule has 2 unspecified atom stereocenters. The molecule has 1 aliphatic heterocycles. The van der Waals surface area contributed by atoms with Gasteiger partial charge in [-0.05, 0) is 62.2 Å². The van der Waals surface area contributed by atoms with Gasteiger partial charge in [-0.15, -0.1) is 0 Å². The van der Waals surface area contributed by atoms with Gasteiger partial charge < -0.3 is 15.2 Å².